The van der Waals surface area contributed by atoms with Gasteiger partial charge in [0.05, 0.1) is 15.8 Å². The van der Waals surface area contributed by atoms with Crippen LogP contribution in [0.4, 0.5) is 5.69 Å². The van der Waals surface area contributed by atoms with E-state index in [4.69, 9.17) is 16.3 Å². The lowest BCUT2D eigenvalue weighted by Gasteiger charge is -2.27. The molecule has 0 bridgehead atoms. The molecule has 1 saturated heterocycles. The van der Waals surface area contributed by atoms with Crippen molar-refractivity contribution in [2.24, 2.45) is 0 Å². The molecule has 1 atom stereocenters. The fourth-order valence-electron chi connectivity index (χ4n) is 4.69. The minimum Gasteiger partial charge on any atom is -0.378 e. The smallest absolute Gasteiger partial charge is 0.262 e. The highest BCUT2D eigenvalue weighted by Gasteiger charge is 2.47. The number of hydrogen-bond donors (Lipinski definition) is 2. The molecule has 3 aliphatic rings. The Morgan fingerprint density at radius 3 is 2.68 bits per heavy atom. The Morgan fingerprint density at radius 2 is 2.00 bits per heavy atom. The number of hydrogen-bond acceptors (Lipinski definition) is 5. The molecule has 31 heavy (non-hydrogen) atoms. The van der Waals surface area contributed by atoms with Crippen molar-refractivity contribution in [2.75, 3.05) is 32.1 Å². The molecule has 1 spiro atoms. The minimum absolute atomic E-state index is 0.155. The summed E-state index contributed by atoms with van der Waals surface area (Å²) < 4.78 is 6.04. The van der Waals surface area contributed by atoms with Crippen molar-refractivity contribution in [1.29, 1.82) is 0 Å². The molecule has 2 fully saturated rings. The number of fused-ring (bicyclic) bond motifs is 1. The number of amides is 2. The van der Waals surface area contributed by atoms with Crippen LogP contribution in [-0.4, -0.2) is 54.6 Å². The van der Waals surface area contributed by atoms with E-state index < -0.39 is 5.54 Å². The second-order valence-corrected chi connectivity index (χ2v) is 10.7. The fraction of sp³-hybridized carbons (Fsp3) is 0.478. The Balaban J connectivity index is 1.33. The third kappa shape index (κ3) is 4.00. The molecule has 8 heteroatoms. The molecule has 3 heterocycles. The van der Waals surface area contributed by atoms with Crippen molar-refractivity contribution in [3.8, 4) is 0 Å². The zero-order valence-corrected chi connectivity index (χ0v) is 19.1. The molecular formula is C23H26ClN3O3S. The molecule has 164 valence electrons. The van der Waals surface area contributed by atoms with Crippen molar-refractivity contribution in [3.63, 3.8) is 0 Å². The van der Waals surface area contributed by atoms with Crippen LogP contribution in [0.3, 0.4) is 0 Å². The summed E-state index contributed by atoms with van der Waals surface area (Å²) in [7, 11) is 2.22. The lowest BCUT2D eigenvalue weighted by atomic mass is 9.96. The van der Waals surface area contributed by atoms with Crippen LogP contribution in [0.25, 0.3) is 0 Å². The number of carbonyl (C=O) groups is 2. The highest BCUT2D eigenvalue weighted by molar-refractivity contribution is 7.18. The third-order valence-electron chi connectivity index (χ3n) is 6.94. The van der Waals surface area contributed by atoms with E-state index in [1.807, 2.05) is 6.07 Å². The molecule has 6 nitrogen and oxygen atoms in total. The van der Waals surface area contributed by atoms with Crippen LogP contribution in [0.2, 0.25) is 4.34 Å². The van der Waals surface area contributed by atoms with E-state index in [-0.39, 0.29) is 18.4 Å². The van der Waals surface area contributed by atoms with Gasteiger partial charge in [-0.05, 0) is 68.1 Å². The Kier molecular flexibility index (Phi) is 5.33. The number of ether oxygens (including phenoxy) is 1. The topological polar surface area (TPSA) is 70.7 Å². The number of rotatable bonds is 4. The van der Waals surface area contributed by atoms with Crippen LogP contribution in [-0.2, 0) is 22.4 Å². The van der Waals surface area contributed by atoms with E-state index >= 15 is 0 Å². The zero-order chi connectivity index (χ0) is 21.6. The number of nitrogens with zero attached hydrogens (tertiary/aromatic N) is 1. The monoisotopic (exact) mass is 459 g/mol. The van der Waals surface area contributed by atoms with E-state index in [2.05, 4.69) is 34.7 Å². The summed E-state index contributed by atoms with van der Waals surface area (Å²) in [6.07, 6.45) is 5.01. The number of halogens is 1. The Labute approximate surface area is 190 Å². The molecule has 0 unspecified atom stereocenters. The maximum absolute atomic E-state index is 13.3. The van der Waals surface area contributed by atoms with Gasteiger partial charge in [-0.2, -0.15) is 0 Å². The van der Waals surface area contributed by atoms with Gasteiger partial charge in [-0.25, -0.2) is 0 Å². The number of carbonyl (C=O) groups excluding carboxylic acids is 2. The number of likely N-dealkylation sites (N-methyl/N-ethyl adjacent to an activating group) is 1. The summed E-state index contributed by atoms with van der Waals surface area (Å²) in [4.78, 5) is 28.9. The van der Waals surface area contributed by atoms with E-state index in [9.17, 15) is 9.59 Å². The van der Waals surface area contributed by atoms with Gasteiger partial charge in [0.2, 0.25) is 0 Å². The van der Waals surface area contributed by atoms with Crippen molar-refractivity contribution in [1.82, 2.24) is 10.2 Å². The van der Waals surface area contributed by atoms with Crippen LogP contribution >= 0.6 is 22.9 Å². The second-order valence-electron chi connectivity index (χ2n) is 8.95. The normalized spacial score (nSPS) is 24.5. The summed E-state index contributed by atoms with van der Waals surface area (Å²) in [5.41, 5.74) is 2.69. The van der Waals surface area contributed by atoms with Crippen LogP contribution in [0.5, 0.6) is 0 Å². The van der Waals surface area contributed by atoms with Gasteiger partial charge in [-0.15, -0.1) is 11.3 Å². The molecule has 2 aliphatic heterocycles. The largest absolute Gasteiger partial charge is 0.378 e. The Morgan fingerprint density at radius 1 is 1.16 bits per heavy atom. The van der Waals surface area contributed by atoms with Crippen molar-refractivity contribution >= 4 is 40.4 Å². The molecule has 1 saturated carbocycles. The lowest BCUT2D eigenvalue weighted by Crippen LogP contribution is -2.57. The van der Waals surface area contributed by atoms with Gasteiger partial charge in [-0.3, -0.25) is 9.59 Å². The molecule has 2 amide bonds. The van der Waals surface area contributed by atoms with E-state index in [0.29, 0.717) is 27.8 Å². The first-order valence-corrected chi connectivity index (χ1v) is 11.9. The minimum atomic E-state index is -1.08. The van der Waals surface area contributed by atoms with Crippen LogP contribution < -0.4 is 10.6 Å². The van der Waals surface area contributed by atoms with Crippen molar-refractivity contribution in [2.45, 2.75) is 43.2 Å². The first-order valence-electron chi connectivity index (χ1n) is 10.7. The van der Waals surface area contributed by atoms with Gasteiger partial charge in [0, 0.05) is 30.8 Å². The fourth-order valence-corrected chi connectivity index (χ4v) is 5.63. The average molecular weight is 460 g/mol. The molecule has 2 aromatic rings. The van der Waals surface area contributed by atoms with Crippen molar-refractivity contribution < 1.29 is 14.3 Å². The van der Waals surface area contributed by atoms with E-state index in [0.717, 1.165) is 25.1 Å². The van der Waals surface area contributed by atoms with Gasteiger partial charge >= 0.3 is 0 Å². The van der Waals surface area contributed by atoms with Crippen LogP contribution in [0.1, 0.15) is 40.1 Å². The maximum atomic E-state index is 13.3. The maximum Gasteiger partial charge on any atom is 0.262 e. The van der Waals surface area contributed by atoms with E-state index in [1.165, 1.54) is 35.3 Å². The summed E-state index contributed by atoms with van der Waals surface area (Å²) >= 11 is 7.15. The summed E-state index contributed by atoms with van der Waals surface area (Å²) in [6, 6.07) is 9.56. The van der Waals surface area contributed by atoms with Gasteiger partial charge in [0.1, 0.15) is 5.54 Å². The summed E-state index contributed by atoms with van der Waals surface area (Å²) in [5, 5.41) is 5.94. The molecule has 1 aliphatic carbocycles. The molecule has 2 N–H and O–H groups in total. The Hall–Kier alpha value is -1.93. The highest BCUT2D eigenvalue weighted by Crippen LogP contribution is 2.45. The summed E-state index contributed by atoms with van der Waals surface area (Å²) in [5.74, 6) is -0.553. The lowest BCUT2D eigenvalue weighted by molar-refractivity contribution is -0.122. The van der Waals surface area contributed by atoms with Gasteiger partial charge < -0.3 is 20.3 Å². The van der Waals surface area contributed by atoms with Crippen LogP contribution in [0.15, 0.2) is 30.3 Å². The zero-order valence-electron chi connectivity index (χ0n) is 17.5. The predicted molar refractivity (Wildman–Crippen MR) is 122 cm³/mol. The average Bonchev–Trinajstić information content (AvgIpc) is 3.19. The summed E-state index contributed by atoms with van der Waals surface area (Å²) in [6.45, 7) is 1.61. The van der Waals surface area contributed by atoms with E-state index in [1.54, 1.807) is 12.1 Å². The van der Waals surface area contributed by atoms with Crippen molar-refractivity contribution in [3.05, 3.63) is 50.7 Å². The standard InChI is InChI=1S/C23H26ClN3O3S/c1-27-10-6-15-12-17(3-2-16(15)13-22(27)7-8-22)25-21(29)23(9-11-30-14-23)26-20(28)18-4-5-19(24)31-18/h2-5,12H,6-11,13-14H2,1H3,(H,25,29)(H,26,28)/t23-/m0/s1. The first kappa shape index (κ1) is 20.9. The predicted octanol–water partition coefficient (Wildman–Crippen LogP) is 3.49. The number of anilines is 1. The SMILES string of the molecule is CN1CCc2cc(NC(=O)[C@]3(NC(=O)c4ccc(Cl)s4)CCOC3)ccc2CC12CC2. The molecule has 0 radical (unpaired) electrons. The van der Waals surface area contributed by atoms with Crippen LogP contribution in [0, 0.1) is 0 Å². The first-order chi connectivity index (χ1) is 14.9. The number of benzene rings is 1. The van der Waals surface area contributed by atoms with Gasteiger partial charge in [0.15, 0.2) is 0 Å². The molecule has 1 aromatic heterocycles. The molecule has 1 aromatic carbocycles. The quantitative estimate of drug-likeness (QED) is 0.734. The molecular weight excluding hydrogens is 434 g/mol. The highest BCUT2D eigenvalue weighted by atomic mass is 35.5. The molecule has 5 rings (SSSR count). The third-order valence-corrected chi connectivity index (χ3v) is 8.17. The Bertz CT molecular complexity index is 1030. The number of thiophene rings is 1. The van der Waals surface area contributed by atoms with Gasteiger partial charge in [0.25, 0.3) is 11.8 Å². The number of nitrogens with one attached hydrogen (secondary N) is 2. The second kappa shape index (κ2) is 7.89. The van der Waals surface area contributed by atoms with Gasteiger partial charge in [-0.1, -0.05) is 17.7 Å².